The molecule has 0 radical (unpaired) electrons. The van der Waals surface area contributed by atoms with Crippen LogP contribution in [0.5, 0.6) is 5.75 Å². The van der Waals surface area contributed by atoms with Crippen molar-refractivity contribution in [1.82, 2.24) is 25.4 Å². The van der Waals surface area contributed by atoms with Crippen LogP contribution in [-0.4, -0.2) is 102 Å². The maximum absolute atomic E-state index is 14.5. The predicted octanol–water partition coefficient (Wildman–Crippen LogP) is 4.14. The number of nitrogens with zero attached hydrogens (tertiary/aromatic N) is 3. The Morgan fingerprint density at radius 2 is 1.81 bits per heavy atom. The standard InChI is InChI=1S/C39H49N5O8/c1-3-51-37(48)39-20-25(39)13-7-5-4-6-8-18-30(41-38(49)52-26-14-9-10-15-26)36(47)44-22-24-21-43(23-28(24)33(44)34(45)42-39)35(46)31-19-32(50-2)27-16-11-12-17-29(27)40-31/h7,11-13,16-17,19,24-26,28,30,33H,3-6,8-10,14-15,18,20-23H2,1-2H3,(H,41,49)(H,42,45)/b13-7-/t24-,25+,28-,30-,33-,39+/m0/s1. The first-order valence-electron chi connectivity index (χ1n) is 18.9. The molecule has 4 heterocycles. The van der Waals surface area contributed by atoms with Crippen molar-refractivity contribution in [2.24, 2.45) is 17.8 Å². The fourth-order valence-electron chi connectivity index (χ4n) is 8.70. The van der Waals surface area contributed by atoms with Gasteiger partial charge in [0.2, 0.25) is 11.8 Å². The first kappa shape index (κ1) is 35.7. The number of rotatable bonds is 6. The predicted molar refractivity (Wildman–Crippen MR) is 190 cm³/mol. The number of amides is 4. The Morgan fingerprint density at radius 3 is 2.60 bits per heavy atom. The number of nitrogens with one attached hydrogen (secondary N) is 2. The summed E-state index contributed by atoms with van der Waals surface area (Å²) in [6, 6.07) is 7.21. The van der Waals surface area contributed by atoms with Crippen molar-refractivity contribution in [2.75, 3.05) is 33.4 Å². The van der Waals surface area contributed by atoms with E-state index >= 15 is 0 Å². The highest BCUT2D eigenvalue weighted by molar-refractivity contribution is 5.99. The number of carbonyl (C=O) groups is 5. The van der Waals surface area contributed by atoms with Gasteiger partial charge >= 0.3 is 12.1 Å². The fraction of sp³-hybridized carbons (Fsp3) is 0.590. The third-order valence-corrected chi connectivity index (χ3v) is 11.5. The molecule has 2 saturated carbocycles. The molecule has 52 heavy (non-hydrogen) atoms. The van der Waals surface area contributed by atoms with Gasteiger partial charge in [0.15, 0.2) is 0 Å². The van der Waals surface area contributed by atoms with Gasteiger partial charge < -0.3 is 34.6 Å². The Balaban J connectivity index is 1.17. The Bertz CT molecular complexity index is 1740. The Labute approximate surface area is 303 Å². The highest BCUT2D eigenvalue weighted by Gasteiger charge is 2.63. The SMILES string of the molecule is CCOC(=O)[C@@]12C[C@H]1/C=C\CCCCC[C@H](NC(=O)OC1CCCC1)C(=O)N1C[C@@H]3CN(C(=O)c4cc(OC)c5ccccc5n4)C[C@@H]3[C@H]1C(=O)N2. The van der Waals surface area contributed by atoms with Gasteiger partial charge in [-0.2, -0.15) is 0 Å². The van der Waals surface area contributed by atoms with Crippen LogP contribution < -0.4 is 15.4 Å². The second kappa shape index (κ2) is 15.1. The van der Waals surface area contributed by atoms with Crippen LogP contribution in [0.4, 0.5) is 4.79 Å². The Hall–Kier alpha value is -4.68. The summed E-state index contributed by atoms with van der Waals surface area (Å²) in [7, 11) is 1.55. The molecule has 2 aliphatic carbocycles. The number of pyridine rings is 1. The number of likely N-dealkylation sites (tertiary alicyclic amines) is 1. The van der Waals surface area contributed by atoms with Gasteiger partial charge in [0.05, 0.1) is 19.2 Å². The summed E-state index contributed by atoms with van der Waals surface area (Å²) in [4.78, 5) is 77.4. The van der Waals surface area contributed by atoms with Crippen molar-refractivity contribution < 1.29 is 38.2 Å². The van der Waals surface area contributed by atoms with E-state index in [2.05, 4.69) is 15.6 Å². The van der Waals surface area contributed by atoms with E-state index < -0.39 is 41.5 Å². The molecule has 2 saturated heterocycles. The van der Waals surface area contributed by atoms with E-state index in [1.165, 1.54) is 0 Å². The molecule has 5 aliphatic rings. The van der Waals surface area contributed by atoms with Gasteiger partial charge in [0.1, 0.15) is 35.2 Å². The zero-order valence-electron chi connectivity index (χ0n) is 30.0. The van der Waals surface area contributed by atoms with Crippen molar-refractivity contribution in [3.8, 4) is 5.75 Å². The van der Waals surface area contributed by atoms with Crippen LogP contribution in [0, 0.1) is 17.8 Å². The third-order valence-electron chi connectivity index (χ3n) is 11.5. The molecule has 4 amide bonds. The molecule has 3 aliphatic heterocycles. The number of methoxy groups -OCH3 is 1. The number of benzene rings is 1. The lowest BCUT2D eigenvalue weighted by Crippen LogP contribution is -2.58. The minimum absolute atomic E-state index is 0.167. The number of alkyl carbamates (subject to hydrolysis) is 1. The number of carbonyl (C=O) groups excluding carboxylic acids is 5. The quantitative estimate of drug-likeness (QED) is 0.332. The minimum Gasteiger partial charge on any atom is -0.496 e. The molecule has 13 nitrogen and oxygen atoms in total. The van der Waals surface area contributed by atoms with Gasteiger partial charge in [-0.1, -0.05) is 37.1 Å². The van der Waals surface area contributed by atoms with Gasteiger partial charge in [-0.15, -0.1) is 0 Å². The normalized spacial score (nSPS) is 29.9. The summed E-state index contributed by atoms with van der Waals surface area (Å²) < 4.78 is 16.7. The maximum atomic E-state index is 14.5. The van der Waals surface area contributed by atoms with Crippen molar-refractivity contribution in [3.63, 3.8) is 0 Å². The number of allylic oxidation sites excluding steroid dienone is 1. The van der Waals surface area contributed by atoms with E-state index in [4.69, 9.17) is 14.2 Å². The van der Waals surface area contributed by atoms with Crippen molar-refractivity contribution in [1.29, 1.82) is 0 Å². The molecule has 0 spiro atoms. The molecule has 2 N–H and O–H groups in total. The molecule has 0 unspecified atom stereocenters. The summed E-state index contributed by atoms with van der Waals surface area (Å²) in [5.41, 5.74) is -0.363. The number of aromatic nitrogens is 1. The number of hydrogen-bond acceptors (Lipinski definition) is 9. The minimum atomic E-state index is -1.22. The van der Waals surface area contributed by atoms with Crippen LogP contribution in [-0.2, 0) is 23.9 Å². The number of hydrogen-bond donors (Lipinski definition) is 2. The molecule has 1 aromatic heterocycles. The van der Waals surface area contributed by atoms with E-state index in [9.17, 15) is 24.0 Å². The van der Waals surface area contributed by atoms with Gasteiger partial charge in [-0.3, -0.25) is 14.4 Å². The molecule has 1 aromatic carbocycles. The van der Waals surface area contributed by atoms with E-state index in [-0.39, 0.29) is 55.1 Å². The van der Waals surface area contributed by atoms with Crippen LogP contribution in [0.2, 0.25) is 0 Å². The number of ether oxygens (including phenoxy) is 3. The molecule has 278 valence electrons. The van der Waals surface area contributed by atoms with Gasteiger partial charge in [-0.25, -0.2) is 14.6 Å². The molecule has 6 atom stereocenters. The monoisotopic (exact) mass is 715 g/mol. The smallest absolute Gasteiger partial charge is 0.408 e. The van der Waals surface area contributed by atoms with Gasteiger partial charge in [-0.05, 0) is 70.4 Å². The lowest BCUT2D eigenvalue weighted by molar-refractivity contribution is -0.150. The molecule has 7 rings (SSSR count). The number of esters is 1. The van der Waals surface area contributed by atoms with E-state index in [0.717, 1.165) is 50.3 Å². The third kappa shape index (κ3) is 7.06. The van der Waals surface area contributed by atoms with E-state index in [1.54, 1.807) is 29.9 Å². The second-order valence-corrected chi connectivity index (χ2v) is 14.9. The zero-order chi connectivity index (χ0) is 36.4. The maximum Gasteiger partial charge on any atom is 0.408 e. The molecule has 0 bridgehead atoms. The molecule has 2 aromatic rings. The van der Waals surface area contributed by atoms with Gasteiger partial charge in [0.25, 0.3) is 5.91 Å². The zero-order valence-corrected chi connectivity index (χ0v) is 30.0. The Morgan fingerprint density at radius 1 is 1.02 bits per heavy atom. The lowest BCUT2D eigenvalue weighted by atomic mass is 9.93. The number of fused-ring (bicyclic) bond motifs is 5. The molecule has 13 heteroatoms. The lowest BCUT2D eigenvalue weighted by Gasteiger charge is -2.32. The topological polar surface area (TPSA) is 156 Å². The van der Waals surface area contributed by atoms with Crippen molar-refractivity contribution in [3.05, 3.63) is 48.2 Å². The van der Waals surface area contributed by atoms with Crippen LogP contribution in [0.1, 0.15) is 81.6 Å². The summed E-state index contributed by atoms with van der Waals surface area (Å²) >= 11 is 0. The highest BCUT2D eigenvalue weighted by atomic mass is 16.6. The van der Waals surface area contributed by atoms with Crippen LogP contribution in [0.3, 0.4) is 0 Å². The van der Waals surface area contributed by atoms with Crippen LogP contribution in [0.15, 0.2) is 42.5 Å². The Kier molecular flexibility index (Phi) is 10.4. The highest BCUT2D eigenvalue weighted by Crippen LogP contribution is 2.47. The van der Waals surface area contributed by atoms with Crippen LogP contribution >= 0.6 is 0 Å². The van der Waals surface area contributed by atoms with E-state index in [1.807, 2.05) is 36.4 Å². The summed E-state index contributed by atoms with van der Waals surface area (Å²) in [5.74, 6) is -1.93. The molecule has 4 fully saturated rings. The molecular weight excluding hydrogens is 666 g/mol. The summed E-state index contributed by atoms with van der Waals surface area (Å²) in [5, 5.41) is 6.69. The van der Waals surface area contributed by atoms with Crippen LogP contribution in [0.25, 0.3) is 10.9 Å². The average molecular weight is 716 g/mol. The fourth-order valence-corrected chi connectivity index (χ4v) is 8.70. The number of para-hydroxylation sites is 1. The first-order chi connectivity index (χ1) is 25.2. The van der Waals surface area contributed by atoms with Crippen molar-refractivity contribution >= 4 is 40.7 Å². The van der Waals surface area contributed by atoms with Gasteiger partial charge in [0, 0.05) is 48.8 Å². The average Bonchev–Trinajstić information content (AvgIpc) is 3.48. The van der Waals surface area contributed by atoms with E-state index in [0.29, 0.717) is 37.1 Å². The largest absolute Gasteiger partial charge is 0.496 e. The molecular formula is C39H49N5O8. The summed E-state index contributed by atoms with van der Waals surface area (Å²) in [6.07, 6.45) is 10.9. The first-order valence-corrected chi connectivity index (χ1v) is 18.9. The summed E-state index contributed by atoms with van der Waals surface area (Å²) in [6.45, 7) is 2.63. The van der Waals surface area contributed by atoms with Crippen molar-refractivity contribution in [2.45, 2.75) is 94.9 Å². The second-order valence-electron chi connectivity index (χ2n) is 14.9.